The fourth-order valence-corrected chi connectivity index (χ4v) is 1.76. The van der Waals surface area contributed by atoms with Gasteiger partial charge in [-0.15, -0.1) is 6.42 Å². The summed E-state index contributed by atoms with van der Waals surface area (Å²) in [6.45, 7) is 3.01. The molecule has 0 aliphatic heterocycles. The zero-order valence-corrected chi connectivity index (χ0v) is 10.6. The van der Waals surface area contributed by atoms with E-state index in [1.807, 2.05) is 19.1 Å². The van der Waals surface area contributed by atoms with Crippen LogP contribution in [0.4, 0.5) is 0 Å². The molecule has 1 aliphatic rings. The molecule has 1 aliphatic carbocycles. The lowest BCUT2D eigenvalue weighted by Gasteiger charge is -2.17. The van der Waals surface area contributed by atoms with Crippen LogP contribution in [0.2, 0.25) is 0 Å². The summed E-state index contributed by atoms with van der Waals surface area (Å²) in [7, 11) is 0. The molecule has 1 fully saturated rings. The van der Waals surface area contributed by atoms with Crippen LogP contribution in [0, 0.1) is 25.2 Å². The Bertz CT molecular complexity index is 489. The van der Waals surface area contributed by atoms with E-state index in [-0.39, 0.29) is 5.91 Å². The van der Waals surface area contributed by atoms with Gasteiger partial charge in [0.05, 0.1) is 6.54 Å². The molecule has 0 unspecified atom stereocenters. The minimum Gasteiger partial charge on any atom is -0.462 e. The molecule has 1 amide bonds. The zero-order chi connectivity index (χ0) is 13.0. The maximum Gasteiger partial charge on any atom is 0.247 e. The van der Waals surface area contributed by atoms with Crippen LogP contribution in [0.3, 0.4) is 0 Å². The van der Waals surface area contributed by atoms with Gasteiger partial charge in [-0.25, -0.2) is 0 Å². The molecule has 1 saturated carbocycles. The molecule has 1 aromatic rings. The van der Waals surface area contributed by atoms with E-state index in [9.17, 15) is 4.79 Å². The molecule has 0 saturated heterocycles. The van der Waals surface area contributed by atoms with Crippen molar-refractivity contribution in [3.05, 3.63) is 29.7 Å². The summed E-state index contributed by atoms with van der Waals surface area (Å²) in [6.07, 6.45) is 10.9. The predicted octanol–water partition coefficient (Wildman–Crippen LogP) is 2.47. The number of aryl methyl sites for hydroxylation is 1. The first-order chi connectivity index (χ1) is 8.69. The second-order valence-corrected chi connectivity index (χ2v) is 4.65. The number of terminal acetylenes is 1. The SMILES string of the molecule is C#CCN(CC1CC1)C(=O)C=Cc1ccc(C)o1. The van der Waals surface area contributed by atoms with Gasteiger partial charge >= 0.3 is 0 Å². The molecule has 3 nitrogen and oxygen atoms in total. The van der Waals surface area contributed by atoms with Gasteiger partial charge in [-0.1, -0.05) is 5.92 Å². The van der Waals surface area contributed by atoms with Crippen LogP contribution in [-0.4, -0.2) is 23.9 Å². The third-order valence-corrected chi connectivity index (χ3v) is 2.92. The Morgan fingerprint density at radius 2 is 2.39 bits per heavy atom. The third kappa shape index (κ3) is 3.53. The van der Waals surface area contributed by atoms with Crippen LogP contribution >= 0.6 is 0 Å². The highest BCUT2D eigenvalue weighted by Crippen LogP contribution is 2.29. The number of rotatable bonds is 5. The van der Waals surface area contributed by atoms with E-state index < -0.39 is 0 Å². The maximum atomic E-state index is 12.0. The number of amides is 1. The Hall–Kier alpha value is -1.95. The number of furan rings is 1. The van der Waals surface area contributed by atoms with E-state index in [2.05, 4.69) is 5.92 Å². The normalized spacial score (nSPS) is 14.7. The molecule has 1 heterocycles. The standard InChI is InChI=1S/C15H17NO2/c1-3-10-16(11-13-5-6-13)15(17)9-8-14-7-4-12(2)18-14/h1,4,7-9,13H,5-6,10-11H2,2H3. The highest BCUT2D eigenvalue weighted by atomic mass is 16.3. The van der Waals surface area contributed by atoms with Gasteiger partial charge in [0.15, 0.2) is 0 Å². The van der Waals surface area contributed by atoms with E-state index in [1.54, 1.807) is 11.0 Å². The maximum absolute atomic E-state index is 12.0. The lowest BCUT2D eigenvalue weighted by atomic mass is 10.3. The molecule has 0 radical (unpaired) electrons. The molecule has 1 aromatic heterocycles. The largest absolute Gasteiger partial charge is 0.462 e. The molecule has 0 atom stereocenters. The van der Waals surface area contributed by atoms with Crippen molar-refractivity contribution in [2.24, 2.45) is 5.92 Å². The van der Waals surface area contributed by atoms with Gasteiger partial charge < -0.3 is 9.32 Å². The van der Waals surface area contributed by atoms with E-state index in [1.165, 1.54) is 18.9 Å². The molecule has 18 heavy (non-hydrogen) atoms. The summed E-state index contributed by atoms with van der Waals surface area (Å²) >= 11 is 0. The van der Waals surface area contributed by atoms with Gasteiger partial charge in [-0.3, -0.25) is 4.79 Å². The van der Waals surface area contributed by atoms with Crippen LogP contribution < -0.4 is 0 Å². The highest BCUT2D eigenvalue weighted by molar-refractivity contribution is 5.91. The smallest absolute Gasteiger partial charge is 0.247 e. The minimum atomic E-state index is -0.0473. The topological polar surface area (TPSA) is 33.5 Å². The monoisotopic (exact) mass is 243 g/mol. The first kappa shape index (κ1) is 12.5. The first-order valence-corrected chi connectivity index (χ1v) is 6.16. The Morgan fingerprint density at radius 1 is 1.61 bits per heavy atom. The molecule has 0 bridgehead atoms. The summed E-state index contributed by atoms with van der Waals surface area (Å²) in [6, 6.07) is 3.71. The van der Waals surface area contributed by atoms with Gasteiger partial charge in [-0.05, 0) is 43.9 Å². The Labute approximate surface area is 107 Å². The fraction of sp³-hybridized carbons (Fsp3) is 0.400. The molecular weight excluding hydrogens is 226 g/mol. The molecule has 0 spiro atoms. The van der Waals surface area contributed by atoms with Crippen molar-refractivity contribution in [1.29, 1.82) is 0 Å². The molecular formula is C15H17NO2. The Kier molecular flexibility index (Phi) is 3.88. The number of nitrogens with zero attached hydrogens (tertiary/aromatic N) is 1. The van der Waals surface area contributed by atoms with Gasteiger partial charge in [-0.2, -0.15) is 0 Å². The summed E-state index contributed by atoms with van der Waals surface area (Å²) in [5.74, 6) is 4.65. The van der Waals surface area contributed by atoms with E-state index >= 15 is 0 Å². The van der Waals surface area contributed by atoms with Crippen LogP contribution in [0.25, 0.3) is 6.08 Å². The van der Waals surface area contributed by atoms with E-state index in [0.717, 1.165) is 12.3 Å². The second kappa shape index (κ2) is 5.59. The van der Waals surface area contributed by atoms with Crippen molar-refractivity contribution in [3.8, 4) is 12.3 Å². The average molecular weight is 243 g/mol. The Morgan fingerprint density at radius 3 is 2.94 bits per heavy atom. The van der Waals surface area contributed by atoms with Crippen molar-refractivity contribution in [1.82, 2.24) is 4.90 Å². The number of carbonyl (C=O) groups excluding carboxylic acids is 1. The van der Waals surface area contributed by atoms with Crippen molar-refractivity contribution >= 4 is 12.0 Å². The first-order valence-electron chi connectivity index (χ1n) is 6.16. The third-order valence-electron chi connectivity index (χ3n) is 2.92. The molecule has 0 N–H and O–H groups in total. The van der Waals surface area contributed by atoms with Crippen molar-refractivity contribution < 1.29 is 9.21 Å². The summed E-state index contributed by atoms with van der Waals surface area (Å²) in [4.78, 5) is 13.7. The van der Waals surface area contributed by atoms with Gasteiger partial charge in [0.2, 0.25) is 5.91 Å². The molecule has 2 rings (SSSR count). The van der Waals surface area contributed by atoms with Gasteiger partial charge in [0.1, 0.15) is 11.5 Å². The molecule has 3 heteroatoms. The van der Waals surface area contributed by atoms with Gasteiger partial charge in [0.25, 0.3) is 0 Å². The van der Waals surface area contributed by atoms with Crippen LogP contribution in [0.1, 0.15) is 24.4 Å². The fourth-order valence-electron chi connectivity index (χ4n) is 1.76. The average Bonchev–Trinajstić information content (AvgIpc) is 3.07. The highest BCUT2D eigenvalue weighted by Gasteiger charge is 2.25. The quantitative estimate of drug-likeness (QED) is 0.588. The molecule has 0 aromatic carbocycles. The summed E-state index contributed by atoms with van der Waals surface area (Å²) < 4.78 is 5.37. The zero-order valence-electron chi connectivity index (χ0n) is 10.6. The van der Waals surface area contributed by atoms with Crippen molar-refractivity contribution in [2.75, 3.05) is 13.1 Å². The van der Waals surface area contributed by atoms with E-state index in [0.29, 0.717) is 18.2 Å². The number of hydrogen-bond acceptors (Lipinski definition) is 2. The predicted molar refractivity (Wildman–Crippen MR) is 70.6 cm³/mol. The second-order valence-electron chi connectivity index (χ2n) is 4.65. The van der Waals surface area contributed by atoms with Crippen molar-refractivity contribution in [2.45, 2.75) is 19.8 Å². The Balaban J connectivity index is 1.95. The summed E-state index contributed by atoms with van der Waals surface area (Å²) in [5, 5.41) is 0. The van der Waals surface area contributed by atoms with Crippen LogP contribution in [0.15, 0.2) is 22.6 Å². The summed E-state index contributed by atoms with van der Waals surface area (Å²) in [5.41, 5.74) is 0. The lowest BCUT2D eigenvalue weighted by Crippen LogP contribution is -2.31. The number of carbonyl (C=O) groups is 1. The number of hydrogen-bond donors (Lipinski definition) is 0. The molecule has 94 valence electrons. The van der Waals surface area contributed by atoms with E-state index in [4.69, 9.17) is 10.8 Å². The van der Waals surface area contributed by atoms with Gasteiger partial charge in [0, 0.05) is 12.6 Å². The minimum absolute atomic E-state index is 0.0473. The van der Waals surface area contributed by atoms with Crippen LogP contribution in [0.5, 0.6) is 0 Å². The van der Waals surface area contributed by atoms with Crippen molar-refractivity contribution in [3.63, 3.8) is 0 Å². The van der Waals surface area contributed by atoms with Crippen LogP contribution in [-0.2, 0) is 4.79 Å². The lowest BCUT2D eigenvalue weighted by molar-refractivity contribution is -0.125.